The van der Waals surface area contributed by atoms with Gasteiger partial charge in [-0.25, -0.2) is 9.18 Å². The highest BCUT2D eigenvalue weighted by atomic mass is 19.1. The molecule has 1 aromatic carbocycles. The van der Waals surface area contributed by atoms with Crippen molar-refractivity contribution in [2.75, 3.05) is 6.61 Å². The SMILES string of the molecule is Cn1c(=NOCc2ccc(F)cc2)ccn([C@@H]2O[C@H](CO)[C@@H](O)[C@H]2O)c1=O. The van der Waals surface area contributed by atoms with Gasteiger partial charge in [-0.15, -0.1) is 0 Å². The smallest absolute Gasteiger partial charge is 0.331 e. The Balaban J connectivity index is 1.79. The lowest BCUT2D eigenvalue weighted by molar-refractivity contribution is -0.0555. The van der Waals surface area contributed by atoms with Crippen molar-refractivity contribution < 1.29 is 29.3 Å². The zero-order valence-corrected chi connectivity index (χ0v) is 14.5. The van der Waals surface area contributed by atoms with E-state index in [-0.39, 0.29) is 17.9 Å². The summed E-state index contributed by atoms with van der Waals surface area (Å²) in [6.45, 7) is -0.390. The summed E-state index contributed by atoms with van der Waals surface area (Å²) in [5.41, 5.74) is 0.365. The zero-order chi connectivity index (χ0) is 19.6. The van der Waals surface area contributed by atoms with Crippen LogP contribution >= 0.6 is 0 Å². The maximum atomic E-state index is 12.9. The van der Waals surface area contributed by atoms with Crippen LogP contribution in [-0.2, 0) is 23.2 Å². The van der Waals surface area contributed by atoms with E-state index in [4.69, 9.17) is 14.7 Å². The first-order valence-electron chi connectivity index (χ1n) is 8.23. The van der Waals surface area contributed by atoms with E-state index in [1.807, 2.05) is 0 Å². The van der Waals surface area contributed by atoms with Crippen molar-refractivity contribution in [2.24, 2.45) is 12.2 Å². The Hall–Kier alpha value is -2.53. The molecule has 0 saturated carbocycles. The molecule has 1 aromatic heterocycles. The summed E-state index contributed by atoms with van der Waals surface area (Å²) in [5, 5.41) is 32.9. The summed E-state index contributed by atoms with van der Waals surface area (Å²) in [7, 11) is 1.46. The van der Waals surface area contributed by atoms with Crippen LogP contribution in [0.2, 0.25) is 0 Å². The van der Waals surface area contributed by atoms with Gasteiger partial charge in [0.05, 0.1) is 6.61 Å². The fraction of sp³-hybridized carbons (Fsp3) is 0.412. The molecule has 4 atom stereocenters. The van der Waals surface area contributed by atoms with E-state index in [1.165, 1.54) is 36.0 Å². The molecular formula is C17H20FN3O6. The summed E-state index contributed by atoms with van der Waals surface area (Å²) < 4.78 is 20.5. The molecule has 9 nitrogen and oxygen atoms in total. The number of ether oxygens (including phenoxy) is 1. The van der Waals surface area contributed by atoms with Crippen LogP contribution in [0.25, 0.3) is 0 Å². The summed E-state index contributed by atoms with van der Waals surface area (Å²) in [6, 6.07) is 7.21. The lowest BCUT2D eigenvalue weighted by Gasteiger charge is -2.18. The average molecular weight is 381 g/mol. The Morgan fingerprint density at radius 1 is 1.22 bits per heavy atom. The quantitative estimate of drug-likeness (QED) is 0.570. The van der Waals surface area contributed by atoms with Gasteiger partial charge < -0.3 is 24.9 Å². The van der Waals surface area contributed by atoms with Gasteiger partial charge in [0.1, 0.15) is 30.7 Å². The minimum atomic E-state index is -1.36. The van der Waals surface area contributed by atoms with Gasteiger partial charge in [-0.3, -0.25) is 9.13 Å². The van der Waals surface area contributed by atoms with Crippen LogP contribution < -0.4 is 11.2 Å². The lowest BCUT2D eigenvalue weighted by Crippen LogP contribution is -2.42. The van der Waals surface area contributed by atoms with Crippen molar-refractivity contribution in [3.05, 3.63) is 63.9 Å². The van der Waals surface area contributed by atoms with Crippen molar-refractivity contribution in [2.45, 2.75) is 31.1 Å². The lowest BCUT2D eigenvalue weighted by atomic mass is 10.1. The molecule has 27 heavy (non-hydrogen) atoms. The van der Waals surface area contributed by atoms with E-state index < -0.39 is 36.8 Å². The van der Waals surface area contributed by atoms with Crippen molar-refractivity contribution in [1.29, 1.82) is 0 Å². The first kappa shape index (κ1) is 19.2. The predicted octanol–water partition coefficient (Wildman–Crippen LogP) is -1.03. The molecule has 0 amide bonds. The molecule has 0 bridgehead atoms. The van der Waals surface area contributed by atoms with Gasteiger partial charge in [-0.05, 0) is 17.7 Å². The number of rotatable bonds is 5. The minimum absolute atomic E-state index is 0.0954. The van der Waals surface area contributed by atoms with Gasteiger partial charge >= 0.3 is 5.69 Å². The predicted molar refractivity (Wildman–Crippen MR) is 89.4 cm³/mol. The third-order valence-electron chi connectivity index (χ3n) is 4.33. The Kier molecular flexibility index (Phi) is 5.71. The number of nitrogens with zero attached hydrogens (tertiary/aromatic N) is 3. The molecule has 0 spiro atoms. The standard InChI is InChI=1S/C17H20FN3O6/c1-20-13(19-26-9-10-2-4-11(18)5-3-10)6-7-21(17(20)25)16-15(24)14(23)12(8-22)27-16/h2-7,12,14-16,22-24H,8-9H2,1H3/t12-,14-,15-,16-/m1/s1. The van der Waals surface area contributed by atoms with Crippen LogP contribution in [0.15, 0.2) is 46.5 Å². The third-order valence-corrected chi connectivity index (χ3v) is 4.33. The fourth-order valence-electron chi connectivity index (χ4n) is 2.74. The third kappa shape index (κ3) is 3.93. The topological polar surface area (TPSA) is 118 Å². The maximum absolute atomic E-state index is 12.9. The van der Waals surface area contributed by atoms with E-state index in [1.54, 1.807) is 12.1 Å². The molecule has 2 heterocycles. The molecule has 0 unspecified atom stereocenters. The van der Waals surface area contributed by atoms with Gasteiger partial charge in [0.15, 0.2) is 11.7 Å². The van der Waals surface area contributed by atoms with Crippen molar-refractivity contribution >= 4 is 0 Å². The Morgan fingerprint density at radius 3 is 2.56 bits per heavy atom. The van der Waals surface area contributed by atoms with Gasteiger partial charge in [-0.2, -0.15) is 0 Å². The second kappa shape index (κ2) is 8.01. The number of benzene rings is 1. The van der Waals surface area contributed by atoms with E-state index in [2.05, 4.69) is 5.16 Å². The second-order valence-corrected chi connectivity index (χ2v) is 6.14. The minimum Gasteiger partial charge on any atom is -0.394 e. The molecule has 1 fully saturated rings. The summed E-state index contributed by atoms with van der Waals surface area (Å²) in [5.74, 6) is -0.351. The molecule has 1 aliphatic heterocycles. The molecule has 1 saturated heterocycles. The molecule has 2 aromatic rings. The maximum Gasteiger partial charge on any atom is 0.331 e. The normalized spacial score (nSPS) is 25.7. The van der Waals surface area contributed by atoms with E-state index in [9.17, 15) is 19.4 Å². The van der Waals surface area contributed by atoms with Gasteiger partial charge in [0, 0.05) is 19.3 Å². The van der Waals surface area contributed by atoms with E-state index in [0.29, 0.717) is 5.56 Å². The highest BCUT2D eigenvalue weighted by molar-refractivity contribution is 5.14. The highest BCUT2D eigenvalue weighted by Crippen LogP contribution is 2.27. The fourth-order valence-corrected chi connectivity index (χ4v) is 2.74. The number of aromatic nitrogens is 2. The van der Waals surface area contributed by atoms with Crippen molar-refractivity contribution in [3.63, 3.8) is 0 Å². The number of halogens is 1. The molecule has 1 aliphatic rings. The number of hydrogen-bond donors (Lipinski definition) is 3. The molecule has 3 N–H and O–H groups in total. The summed E-state index contributed by atoms with van der Waals surface area (Å²) in [4.78, 5) is 17.7. The van der Waals surface area contributed by atoms with Crippen molar-refractivity contribution in [1.82, 2.24) is 9.13 Å². The van der Waals surface area contributed by atoms with Gasteiger partial charge in [-0.1, -0.05) is 17.3 Å². The molecule has 10 heteroatoms. The largest absolute Gasteiger partial charge is 0.394 e. The monoisotopic (exact) mass is 381 g/mol. The van der Waals surface area contributed by atoms with Crippen LogP contribution in [0.3, 0.4) is 0 Å². The van der Waals surface area contributed by atoms with Crippen LogP contribution in [0.1, 0.15) is 11.8 Å². The van der Waals surface area contributed by atoms with Crippen LogP contribution in [0.4, 0.5) is 4.39 Å². The van der Waals surface area contributed by atoms with Gasteiger partial charge in [0.25, 0.3) is 0 Å². The Labute approximate surface area is 153 Å². The molecule has 3 rings (SSSR count). The second-order valence-electron chi connectivity index (χ2n) is 6.14. The molecule has 0 radical (unpaired) electrons. The zero-order valence-electron chi connectivity index (χ0n) is 14.5. The number of aliphatic hydroxyl groups is 3. The Morgan fingerprint density at radius 2 is 1.93 bits per heavy atom. The number of aliphatic hydroxyl groups excluding tert-OH is 3. The number of hydrogen-bond acceptors (Lipinski definition) is 7. The van der Waals surface area contributed by atoms with Crippen molar-refractivity contribution in [3.8, 4) is 0 Å². The summed E-state index contributed by atoms with van der Waals surface area (Å²) >= 11 is 0. The Bertz CT molecular complexity index is 910. The molecule has 146 valence electrons. The first-order chi connectivity index (χ1) is 12.9. The van der Waals surface area contributed by atoms with Crippen LogP contribution in [0, 0.1) is 5.82 Å². The first-order valence-corrected chi connectivity index (χ1v) is 8.23. The van der Waals surface area contributed by atoms with Crippen LogP contribution in [-0.4, -0.2) is 49.4 Å². The van der Waals surface area contributed by atoms with Gasteiger partial charge in [0.2, 0.25) is 0 Å². The van der Waals surface area contributed by atoms with E-state index in [0.717, 1.165) is 4.57 Å². The average Bonchev–Trinajstić information content (AvgIpc) is 2.95. The van der Waals surface area contributed by atoms with Crippen LogP contribution in [0.5, 0.6) is 0 Å². The molecule has 0 aliphatic carbocycles. The summed E-state index contributed by atoms with van der Waals surface area (Å²) in [6.07, 6.45) is -3.43. The van der Waals surface area contributed by atoms with E-state index >= 15 is 0 Å². The molecular weight excluding hydrogens is 361 g/mol. The highest BCUT2D eigenvalue weighted by Gasteiger charge is 2.43.